The summed E-state index contributed by atoms with van der Waals surface area (Å²) >= 11 is 0. The lowest BCUT2D eigenvalue weighted by Gasteiger charge is -2.27. The maximum absolute atomic E-state index is 12.8. The summed E-state index contributed by atoms with van der Waals surface area (Å²) in [6.45, 7) is 1.82. The third-order valence-corrected chi connectivity index (χ3v) is 5.93. The molecule has 8 heteroatoms. The molecular weight excluding hydrogens is 441 g/mol. The van der Waals surface area contributed by atoms with Gasteiger partial charge in [0.1, 0.15) is 5.82 Å². The van der Waals surface area contributed by atoms with Crippen molar-refractivity contribution in [1.82, 2.24) is 19.9 Å². The highest BCUT2D eigenvalue weighted by Gasteiger charge is 2.30. The molecular formula is C26H21F3N4O. The average Bonchev–Trinajstić information content (AvgIpc) is 2.85. The van der Waals surface area contributed by atoms with Gasteiger partial charge in [0.05, 0.1) is 22.5 Å². The Labute approximate surface area is 193 Å². The number of nitrogens with zero attached hydrogens (tertiary/aromatic N) is 3. The molecule has 0 bridgehead atoms. The van der Waals surface area contributed by atoms with Crippen molar-refractivity contribution < 1.29 is 13.2 Å². The number of hydrogen-bond acceptors (Lipinski definition) is 4. The molecule has 0 fully saturated rings. The van der Waals surface area contributed by atoms with E-state index in [-0.39, 0.29) is 11.4 Å². The second-order valence-corrected chi connectivity index (χ2v) is 8.29. The van der Waals surface area contributed by atoms with Crippen molar-refractivity contribution in [1.29, 1.82) is 0 Å². The van der Waals surface area contributed by atoms with E-state index in [4.69, 9.17) is 0 Å². The van der Waals surface area contributed by atoms with Gasteiger partial charge in [0.25, 0.3) is 5.56 Å². The number of rotatable bonds is 4. The van der Waals surface area contributed by atoms with Gasteiger partial charge in [-0.2, -0.15) is 13.2 Å². The number of alkyl halides is 3. The number of hydrogen-bond donors (Lipinski definition) is 1. The fourth-order valence-corrected chi connectivity index (χ4v) is 4.13. The Kier molecular flexibility index (Phi) is 5.75. The van der Waals surface area contributed by atoms with Crippen LogP contribution in [0.1, 0.15) is 22.4 Å². The lowest BCUT2D eigenvalue weighted by molar-refractivity contribution is -0.137. The summed E-state index contributed by atoms with van der Waals surface area (Å²) in [6.07, 6.45) is -1.97. The molecule has 2 aromatic carbocycles. The summed E-state index contributed by atoms with van der Waals surface area (Å²) in [5, 5.41) is 0. The Morgan fingerprint density at radius 3 is 2.38 bits per heavy atom. The zero-order valence-corrected chi connectivity index (χ0v) is 18.1. The molecule has 0 unspecified atom stereocenters. The van der Waals surface area contributed by atoms with Gasteiger partial charge in [-0.25, -0.2) is 4.98 Å². The number of H-pyrrole nitrogens is 1. The van der Waals surface area contributed by atoms with Crippen molar-refractivity contribution in [3.05, 3.63) is 106 Å². The van der Waals surface area contributed by atoms with Gasteiger partial charge in [-0.15, -0.1) is 0 Å². The molecule has 34 heavy (non-hydrogen) atoms. The summed E-state index contributed by atoms with van der Waals surface area (Å²) in [5.41, 5.74) is 3.74. The maximum atomic E-state index is 12.8. The van der Waals surface area contributed by atoms with Crippen LogP contribution in [0.15, 0.2) is 77.7 Å². The molecule has 1 aliphatic rings. The van der Waals surface area contributed by atoms with E-state index in [9.17, 15) is 18.0 Å². The van der Waals surface area contributed by atoms with Crippen LogP contribution in [0.25, 0.3) is 22.6 Å². The highest BCUT2D eigenvalue weighted by atomic mass is 19.4. The Bertz CT molecular complexity index is 1350. The Morgan fingerprint density at radius 1 is 0.941 bits per heavy atom. The highest BCUT2D eigenvalue weighted by molar-refractivity contribution is 5.58. The van der Waals surface area contributed by atoms with Crippen molar-refractivity contribution in [3.63, 3.8) is 0 Å². The summed E-state index contributed by atoms with van der Waals surface area (Å²) in [4.78, 5) is 26.8. The Hall–Kier alpha value is -3.78. The molecule has 1 aliphatic heterocycles. The van der Waals surface area contributed by atoms with Crippen LogP contribution in [0.5, 0.6) is 0 Å². The molecule has 2 aromatic heterocycles. The second kappa shape index (κ2) is 8.87. The lowest BCUT2D eigenvalue weighted by Crippen LogP contribution is -2.35. The standard InChI is InChI=1S/C26H21F3N4O/c27-26(28,29)20-9-7-19(8-10-20)24-31-23-12-13-33(16-21(23)25(34)32-24)15-17-6-11-22(30-14-17)18-4-2-1-3-5-18/h1-11,14H,12-13,15-16H2,(H,31,32,34). The van der Waals surface area contributed by atoms with E-state index in [1.807, 2.05) is 48.7 Å². The third kappa shape index (κ3) is 4.63. The Morgan fingerprint density at radius 2 is 1.71 bits per heavy atom. The maximum Gasteiger partial charge on any atom is 0.416 e. The zero-order valence-electron chi connectivity index (χ0n) is 18.1. The smallest absolute Gasteiger partial charge is 0.306 e. The molecule has 0 saturated carbocycles. The van der Waals surface area contributed by atoms with Gasteiger partial charge in [-0.05, 0) is 23.8 Å². The molecule has 0 aliphatic carbocycles. The van der Waals surface area contributed by atoms with Gasteiger partial charge >= 0.3 is 6.18 Å². The monoisotopic (exact) mass is 462 g/mol. The third-order valence-electron chi connectivity index (χ3n) is 5.93. The second-order valence-electron chi connectivity index (χ2n) is 8.29. The Balaban J connectivity index is 1.30. The molecule has 0 radical (unpaired) electrons. The molecule has 0 saturated heterocycles. The van der Waals surface area contributed by atoms with Gasteiger partial charge in [0, 0.05) is 43.4 Å². The van der Waals surface area contributed by atoms with Crippen molar-refractivity contribution in [2.24, 2.45) is 0 Å². The van der Waals surface area contributed by atoms with Crippen molar-refractivity contribution >= 4 is 0 Å². The minimum atomic E-state index is -4.41. The number of nitrogens with one attached hydrogen (secondary N) is 1. The largest absolute Gasteiger partial charge is 0.416 e. The number of aromatic nitrogens is 3. The van der Waals surface area contributed by atoms with Crippen LogP contribution in [-0.4, -0.2) is 26.4 Å². The molecule has 0 spiro atoms. The summed E-state index contributed by atoms with van der Waals surface area (Å²) in [5.74, 6) is 0.284. The number of benzene rings is 2. The topological polar surface area (TPSA) is 61.9 Å². The predicted octanol–water partition coefficient (Wildman–Crippen LogP) is 5.08. The van der Waals surface area contributed by atoms with Gasteiger partial charge in [0.15, 0.2) is 0 Å². The van der Waals surface area contributed by atoms with Crippen LogP contribution in [0.3, 0.4) is 0 Å². The normalized spacial score (nSPS) is 14.1. The first kappa shape index (κ1) is 22.0. The zero-order chi connectivity index (χ0) is 23.7. The minimum Gasteiger partial charge on any atom is -0.306 e. The molecule has 4 aromatic rings. The fraction of sp³-hybridized carbons (Fsp3) is 0.192. The van der Waals surface area contributed by atoms with Crippen LogP contribution in [-0.2, 0) is 25.7 Å². The molecule has 5 nitrogen and oxygen atoms in total. The highest BCUT2D eigenvalue weighted by Crippen LogP contribution is 2.30. The van der Waals surface area contributed by atoms with Gasteiger partial charge in [0.2, 0.25) is 0 Å². The molecule has 5 rings (SSSR count). The first-order valence-corrected chi connectivity index (χ1v) is 10.9. The predicted molar refractivity (Wildman–Crippen MR) is 123 cm³/mol. The van der Waals surface area contributed by atoms with Crippen LogP contribution in [0.4, 0.5) is 13.2 Å². The van der Waals surface area contributed by atoms with Crippen molar-refractivity contribution in [2.75, 3.05) is 6.54 Å². The van der Waals surface area contributed by atoms with Gasteiger partial charge < -0.3 is 4.98 Å². The van der Waals surface area contributed by atoms with Crippen LogP contribution < -0.4 is 5.56 Å². The van der Waals surface area contributed by atoms with E-state index in [2.05, 4.69) is 19.9 Å². The number of aromatic amines is 1. The summed E-state index contributed by atoms with van der Waals surface area (Å²) in [6, 6.07) is 18.6. The summed E-state index contributed by atoms with van der Waals surface area (Å²) < 4.78 is 38.5. The van der Waals surface area contributed by atoms with E-state index in [0.29, 0.717) is 36.3 Å². The average molecular weight is 462 g/mol. The van der Waals surface area contributed by atoms with Crippen molar-refractivity contribution in [2.45, 2.75) is 25.7 Å². The molecule has 3 heterocycles. The first-order chi connectivity index (χ1) is 16.4. The molecule has 1 N–H and O–H groups in total. The SMILES string of the molecule is O=c1[nH]c(-c2ccc(C(F)(F)F)cc2)nc2c1CN(Cc1ccc(-c3ccccc3)nc1)CC2. The van der Waals surface area contributed by atoms with Crippen LogP contribution >= 0.6 is 0 Å². The van der Waals surface area contributed by atoms with Gasteiger partial charge in [-0.1, -0.05) is 48.5 Å². The lowest BCUT2D eigenvalue weighted by atomic mass is 10.0. The van der Waals surface area contributed by atoms with Crippen molar-refractivity contribution in [3.8, 4) is 22.6 Å². The molecule has 0 amide bonds. The van der Waals surface area contributed by atoms with E-state index in [0.717, 1.165) is 35.5 Å². The first-order valence-electron chi connectivity index (χ1n) is 10.9. The van der Waals surface area contributed by atoms with Crippen LogP contribution in [0.2, 0.25) is 0 Å². The molecule has 0 atom stereocenters. The van der Waals surface area contributed by atoms with E-state index in [1.165, 1.54) is 12.1 Å². The number of fused-ring (bicyclic) bond motifs is 1. The van der Waals surface area contributed by atoms with E-state index < -0.39 is 11.7 Å². The fourth-order valence-electron chi connectivity index (χ4n) is 4.13. The van der Waals surface area contributed by atoms with E-state index in [1.54, 1.807) is 0 Å². The minimum absolute atomic E-state index is 0.262. The van der Waals surface area contributed by atoms with Crippen LogP contribution in [0, 0.1) is 0 Å². The summed E-state index contributed by atoms with van der Waals surface area (Å²) in [7, 11) is 0. The molecule has 172 valence electrons. The number of pyridine rings is 1. The number of halogens is 3. The van der Waals surface area contributed by atoms with Gasteiger partial charge in [-0.3, -0.25) is 14.7 Å². The van der Waals surface area contributed by atoms with E-state index >= 15 is 0 Å². The quantitative estimate of drug-likeness (QED) is 0.460.